The monoisotopic (exact) mass is 423 g/mol. The molecule has 0 atom stereocenters. The van der Waals surface area contributed by atoms with Crippen molar-refractivity contribution in [3.8, 4) is 11.3 Å². The number of hydrogen-bond acceptors (Lipinski definition) is 6. The van der Waals surface area contributed by atoms with Gasteiger partial charge < -0.3 is 5.32 Å². The Balaban J connectivity index is 1.55. The van der Waals surface area contributed by atoms with Gasteiger partial charge in [0.2, 0.25) is 5.91 Å². The van der Waals surface area contributed by atoms with E-state index in [9.17, 15) is 14.4 Å². The number of thiazole rings is 1. The smallest absolute Gasteiger partial charge is 0.262 e. The van der Waals surface area contributed by atoms with Gasteiger partial charge in [-0.15, -0.1) is 0 Å². The third-order valence-electron chi connectivity index (χ3n) is 4.36. The minimum atomic E-state index is -0.449. The number of carbonyl (C=O) groups excluding carboxylic acids is 3. The molecular formula is C21H17N3O3S2. The molecule has 0 unspecified atom stereocenters. The highest BCUT2D eigenvalue weighted by Gasteiger charge is 2.36. The first-order chi connectivity index (χ1) is 14.1. The molecule has 0 fully saturated rings. The summed E-state index contributed by atoms with van der Waals surface area (Å²) in [6.45, 7) is 1.70. The van der Waals surface area contributed by atoms with Gasteiger partial charge in [0.1, 0.15) is 17.2 Å². The van der Waals surface area contributed by atoms with Gasteiger partial charge in [0.25, 0.3) is 11.8 Å². The van der Waals surface area contributed by atoms with Crippen LogP contribution < -0.4 is 5.32 Å². The Morgan fingerprint density at radius 2 is 1.66 bits per heavy atom. The number of carbonyl (C=O) groups is 3. The third kappa shape index (κ3) is 3.81. The van der Waals surface area contributed by atoms with Crippen molar-refractivity contribution in [3.05, 3.63) is 65.7 Å². The average Bonchev–Trinajstić information content (AvgIpc) is 3.23. The van der Waals surface area contributed by atoms with Gasteiger partial charge in [-0.1, -0.05) is 72.5 Å². The van der Waals surface area contributed by atoms with Gasteiger partial charge in [-0.2, -0.15) is 0 Å². The fourth-order valence-corrected chi connectivity index (χ4v) is 5.03. The topological polar surface area (TPSA) is 79.4 Å². The second kappa shape index (κ2) is 8.18. The third-order valence-corrected chi connectivity index (χ3v) is 6.35. The Morgan fingerprint density at radius 3 is 2.28 bits per heavy atom. The van der Waals surface area contributed by atoms with Crippen LogP contribution in [0.4, 0.5) is 5.00 Å². The quantitative estimate of drug-likeness (QED) is 0.476. The maximum atomic E-state index is 12.7. The molecule has 1 aromatic heterocycles. The highest BCUT2D eigenvalue weighted by molar-refractivity contribution is 8.01. The SMILES string of the molecule is CCSc1nc(-c2ccccc2)c(NC(=O)CN2C(=O)c3ccccc3C2=O)s1. The fraction of sp³-hybridized carbons (Fsp3) is 0.143. The lowest BCUT2D eigenvalue weighted by Gasteiger charge is -2.13. The van der Waals surface area contributed by atoms with Crippen LogP contribution in [0.25, 0.3) is 11.3 Å². The molecule has 3 aromatic rings. The highest BCUT2D eigenvalue weighted by Crippen LogP contribution is 2.37. The van der Waals surface area contributed by atoms with Gasteiger partial charge >= 0.3 is 0 Å². The average molecular weight is 424 g/mol. The summed E-state index contributed by atoms with van der Waals surface area (Å²) < 4.78 is 0.849. The number of anilines is 1. The second-order valence-electron chi connectivity index (χ2n) is 6.25. The molecule has 3 amide bonds. The molecule has 29 heavy (non-hydrogen) atoms. The number of benzene rings is 2. The van der Waals surface area contributed by atoms with Gasteiger partial charge in [-0.25, -0.2) is 4.98 Å². The van der Waals surface area contributed by atoms with Crippen molar-refractivity contribution in [1.29, 1.82) is 0 Å². The molecule has 4 rings (SSSR count). The molecule has 146 valence electrons. The second-order valence-corrected chi connectivity index (χ2v) is 8.76. The van der Waals surface area contributed by atoms with Crippen LogP contribution in [0.5, 0.6) is 0 Å². The summed E-state index contributed by atoms with van der Waals surface area (Å²) in [6.07, 6.45) is 0. The number of rotatable bonds is 6. The van der Waals surface area contributed by atoms with E-state index in [-0.39, 0.29) is 6.54 Å². The van der Waals surface area contributed by atoms with E-state index in [4.69, 9.17) is 0 Å². The van der Waals surface area contributed by atoms with Crippen LogP contribution in [0, 0.1) is 0 Å². The van der Waals surface area contributed by atoms with Crippen molar-refractivity contribution < 1.29 is 14.4 Å². The normalized spacial score (nSPS) is 12.9. The zero-order valence-corrected chi connectivity index (χ0v) is 17.2. The number of fused-ring (bicyclic) bond motifs is 1. The van der Waals surface area contributed by atoms with Crippen LogP contribution in [0.3, 0.4) is 0 Å². The Labute approximate surface area is 176 Å². The minimum absolute atomic E-state index is 0.328. The summed E-state index contributed by atoms with van der Waals surface area (Å²) in [6, 6.07) is 16.2. The van der Waals surface area contributed by atoms with Gasteiger partial charge in [0, 0.05) is 5.56 Å². The molecule has 8 heteroatoms. The van der Waals surface area contributed by atoms with Crippen molar-refractivity contribution in [3.63, 3.8) is 0 Å². The Morgan fingerprint density at radius 1 is 1.03 bits per heavy atom. The Hall–Kier alpha value is -2.97. The maximum Gasteiger partial charge on any atom is 0.262 e. The first-order valence-electron chi connectivity index (χ1n) is 9.02. The van der Waals surface area contributed by atoms with Crippen LogP contribution >= 0.6 is 23.1 Å². The van der Waals surface area contributed by atoms with Crippen LogP contribution in [-0.4, -0.2) is 39.9 Å². The summed E-state index contributed by atoms with van der Waals surface area (Å²) in [5, 5.41) is 3.45. The molecule has 2 heterocycles. The van der Waals surface area contributed by atoms with Crippen LogP contribution in [0.1, 0.15) is 27.6 Å². The first kappa shape index (κ1) is 19.4. The van der Waals surface area contributed by atoms with Crippen LogP contribution in [-0.2, 0) is 4.79 Å². The number of imide groups is 1. The zero-order valence-electron chi connectivity index (χ0n) is 15.5. The molecule has 2 aromatic carbocycles. The lowest BCUT2D eigenvalue weighted by Crippen LogP contribution is -2.37. The molecule has 1 aliphatic heterocycles. The minimum Gasteiger partial charge on any atom is -0.314 e. The van der Waals surface area contributed by atoms with Gasteiger partial charge in [-0.05, 0) is 17.9 Å². The number of amides is 3. The summed E-state index contributed by atoms with van der Waals surface area (Å²) in [5.41, 5.74) is 2.23. The number of nitrogens with one attached hydrogen (secondary N) is 1. The highest BCUT2D eigenvalue weighted by atomic mass is 32.2. The van der Waals surface area contributed by atoms with Crippen molar-refractivity contribution in [2.45, 2.75) is 11.3 Å². The summed E-state index contributed by atoms with van der Waals surface area (Å²) in [7, 11) is 0. The molecule has 0 spiro atoms. The van der Waals surface area contributed by atoms with Crippen molar-refractivity contribution in [2.24, 2.45) is 0 Å². The molecule has 0 aliphatic carbocycles. The molecule has 6 nitrogen and oxygen atoms in total. The molecule has 1 N–H and O–H groups in total. The summed E-state index contributed by atoms with van der Waals surface area (Å²) in [5.74, 6) is -0.469. The Kier molecular flexibility index (Phi) is 5.46. The van der Waals surface area contributed by atoms with E-state index in [1.807, 2.05) is 37.3 Å². The van der Waals surface area contributed by atoms with E-state index in [0.717, 1.165) is 20.6 Å². The summed E-state index contributed by atoms with van der Waals surface area (Å²) in [4.78, 5) is 43.3. The number of thioether (sulfide) groups is 1. The molecular weight excluding hydrogens is 406 g/mol. The van der Waals surface area contributed by atoms with E-state index < -0.39 is 17.7 Å². The maximum absolute atomic E-state index is 12.7. The molecule has 0 saturated heterocycles. The van der Waals surface area contributed by atoms with Crippen molar-refractivity contribution in [1.82, 2.24) is 9.88 Å². The first-order valence-corrected chi connectivity index (χ1v) is 10.8. The van der Waals surface area contributed by atoms with E-state index >= 15 is 0 Å². The van der Waals surface area contributed by atoms with E-state index in [2.05, 4.69) is 10.3 Å². The van der Waals surface area contributed by atoms with E-state index in [1.54, 1.807) is 36.0 Å². The molecule has 0 bridgehead atoms. The summed E-state index contributed by atoms with van der Waals surface area (Å²) >= 11 is 2.98. The van der Waals surface area contributed by atoms with Gasteiger partial charge in [0.15, 0.2) is 4.34 Å². The molecule has 1 aliphatic rings. The van der Waals surface area contributed by atoms with E-state index in [1.165, 1.54) is 11.3 Å². The van der Waals surface area contributed by atoms with Gasteiger partial charge in [-0.3, -0.25) is 19.3 Å². The lowest BCUT2D eigenvalue weighted by atomic mass is 10.1. The van der Waals surface area contributed by atoms with Crippen LogP contribution in [0.2, 0.25) is 0 Å². The fourth-order valence-electron chi connectivity index (χ4n) is 3.05. The van der Waals surface area contributed by atoms with Crippen molar-refractivity contribution >= 4 is 45.8 Å². The molecule has 0 radical (unpaired) electrons. The lowest BCUT2D eigenvalue weighted by molar-refractivity contribution is -0.116. The van der Waals surface area contributed by atoms with Gasteiger partial charge in [0.05, 0.1) is 11.1 Å². The standard InChI is InChI=1S/C21H17N3O3S2/c1-2-28-21-23-17(13-8-4-3-5-9-13)18(29-21)22-16(25)12-24-19(26)14-10-6-7-11-15(14)20(24)27/h3-11H,2,12H2,1H3,(H,22,25). The van der Waals surface area contributed by atoms with Crippen molar-refractivity contribution in [2.75, 3.05) is 17.6 Å². The number of aromatic nitrogens is 1. The number of hydrogen-bond donors (Lipinski definition) is 1. The number of nitrogens with zero attached hydrogens (tertiary/aromatic N) is 2. The molecule has 0 saturated carbocycles. The zero-order chi connectivity index (χ0) is 20.4. The largest absolute Gasteiger partial charge is 0.314 e. The predicted octanol–water partition coefficient (Wildman–Crippen LogP) is 4.16. The Bertz CT molecular complexity index is 1060. The van der Waals surface area contributed by atoms with Crippen LogP contribution in [0.15, 0.2) is 58.9 Å². The van der Waals surface area contributed by atoms with E-state index in [0.29, 0.717) is 21.8 Å². The predicted molar refractivity (Wildman–Crippen MR) is 114 cm³/mol.